The first-order chi connectivity index (χ1) is 8.20. The lowest BCUT2D eigenvalue weighted by Crippen LogP contribution is -2.00. The van der Waals surface area contributed by atoms with Gasteiger partial charge in [-0.15, -0.1) is 12.4 Å². The first kappa shape index (κ1) is 14.2. The molecule has 2 rings (SSSR count). The molecule has 0 amide bonds. The van der Waals surface area contributed by atoms with Crippen molar-refractivity contribution >= 4 is 18.4 Å². The maximum atomic E-state index is 11.3. The summed E-state index contributed by atoms with van der Waals surface area (Å²) in [5, 5.41) is 0. The lowest BCUT2D eigenvalue weighted by Gasteiger charge is -2.04. The number of hydrogen-bond acceptors (Lipinski definition) is 3. The molecule has 0 aliphatic carbocycles. The van der Waals surface area contributed by atoms with Crippen molar-refractivity contribution in [2.45, 2.75) is 6.92 Å². The number of esters is 1. The Morgan fingerprint density at radius 2 is 1.78 bits per heavy atom. The first-order valence-corrected chi connectivity index (χ1v) is 5.32. The zero-order valence-corrected chi connectivity index (χ0v) is 11.0. The second kappa shape index (κ2) is 6.17. The number of carbonyl (C=O) groups excluding carboxylic acids is 1. The highest BCUT2D eigenvalue weighted by Crippen LogP contribution is 2.20. The van der Waals surface area contributed by atoms with Gasteiger partial charge >= 0.3 is 5.97 Å². The standard InChI is InChI=1S/C14H13NO2.ClH/c1-10-9-13(7-8-15-10)11-3-5-12(6-4-11)14(16)17-2;/h3-9H,1-2H3;1H. The molecule has 0 spiro atoms. The SMILES string of the molecule is COC(=O)c1ccc(-c2ccnc(C)c2)cc1.Cl. The number of pyridine rings is 1. The molecule has 1 aromatic carbocycles. The Labute approximate surface area is 112 Å². The summed E-state index contributed by atoms with van der Waals surface area (Å²) in [6.07, 6.45) is 1.78. The monoisotopic (exact) mass is 263 g/mol. The maximum Gasteiger partial charge on any atom is 0.337 e. The van der Waals surface area contributed by atoms with Crippen molar-refractivity contribution in [1.29, 1.82) is 0 Å². The number of carbonyl (C=O) groups is 1. The van der Waals surface area contributed by atoms with Crippen LogP contribution in [0.15, 0.2) is 42.6 Å². The Bertz CT molecular complexity index is 538. The Hall–Kier alpha value is -1.87. The van der Waals surface area contributed by atoms with E-state index in [9.17, 15) is 4.79 Å². The smallest absolute Gasteiger partial charge is 0.337 e. The molecular formula is C14H14ClNO2. The van der Waals surface area contributed by atoms with E-state index >= 15 is 0 Å². The number of aryl methyl sites for hydroxylation is 1. The van der Waals surface area contributed by atoms with E-state index in [1.54, 1.807) is 18.3 Å². The van der Waals surface area contributed by atoms with Crippen molar-refractivity contribution in [3.8, 4) is 11.1 Å². The molecule has 94 valence electrons. The van der Waals surface area contributed by atoms with Crippen molar-refractivity contribution in [2.75, 3.05) is 7.11 Å². The Morgan fingerprint density at radius 3 is 2.33 bits per heavy atom. The molecule has 0 N–H and O–H groups in total. The first-order valence-electron chi connectivity index (χ1n) is 5.32. The summed E-state index contributed by atoms with van der Waals surface area (Å²) in [6, 6.07) is 11.3. The third kappa shape index (κ3) is 3.08. The average molecular weight is 264 g/mol. The van der Waals surface area contributed by atoms with Gasteiger partial charge in [0.2, 0.25) is 0 Å². The molecule has 3 nitrogen and oxygen atoms in total. The zero-order chi connectivity index (χ0) is 12.3. The third-order valence-corrected chi connectivity index (χ3v) is 2.54. The molecule has 1 aromatic heterocycles. The van der Waals surface area contributed by atoms with Crippen LogP contribution >= 0.6 is 12.4 Å². The van der Waals surface area contributed by atoms with Crippen molar-refractivity contribution in [3.63, 3.8) is 0 Å². The van der Waals surface area contributed by atoms with Crippen molar-refractivity contribution in [3.05, 3.63) is 53.9 Å². The number of nitrogens with zero attached hydrogens (tertiary/aromatic N) is 1. The van der Waals surface area contributed by atoms with Crippen molar-refractivity contribution < 1.29 is 9.53 Å². The van der Waals surface area contributed by atoms with Gasteiger partial charge in [0, 0.05) is 11.9 Å². The summed E-state index contributed by atoms with van der Waals surface area (Å²) in [7, 11) is 1.38. The molecule has 0 aliphatic heterocycles. The van der Waals surface area contributed by atoms with Crippen LogP contribution in [0.3, 0.4) is 0 Å². The second-order valence-electron chi connectivity index (χ2n) is 3.75. The summed E-state index contributed by atoms with van der Waals surface area (Å²) in [6.45, 7) is 1.95. The van der Waals surface area contributed by atoms with Crippen LogP contribution in [0.1, 0.15) is 16.1 Å². The topological polar surface area (TPSA) is 39.2 Å². The predicted molar refractivity (Wildman–Crippen MR) is 73.0 cm³/mol. The van der Waals surface area contributed by atoms with E-state index in [-0.39, 0.29) is 18.4 Å². The normalized spacial score (nSPS) is 9.44. The largest absolute Gasteiger partial charge is 0.465 e. The van der Waals surface area contributed by atoms with Crippen LogP contribution in [0, 0.1) is 6.92 Å². The van der Waals surface area contributed by atoms with Crippen LogP contribution in [0.4, 0.5) is 0 Å². The summed E-state index contributed by atoms with van der Waals surface area (Å²) < 4.78 is 4.65. The minimum absolute atomic E-state index is 0. The second-order valence-corrected chi connectivity index (χ2v) is 3.75. The molecule has 0 bridgehead atoms. The summed E-state index contributed by atoms with van der Waals surface area (Å²) in [4.78, 5) is 15.4. The lowest BCUT2D eigenvalue weighted by molar-refractivity contribution is 0.0601. The fourth-order valence-corrected chi connectivity index (χ4v) is 1.64. The number of ether oxygens (including phenoxy) is 1. The van der Waals surface area contributed by atoms with Crippen LogP contribution in [0.25, 0.3) is 11.1 Å². The highest BCUT2D eigenvalue weighted by Gasteiger charge is 2.05. The van der Waals surface area contributed by atoms with Gasteiger partial charge in [0.05, 0.1) is 12.7 Å². The van der Waals surface area contributed by atoms with E-state index in [0.29, 0.717) is 5.56 Å². The molecule has 0 unspecified atom stereocenters. The molecular weight excluding hydrogens is 250 g/mol. The number of benzene rings is 1. The maximum absolute atomic E-state index is 11.3. The Kier molecular flexibility index (Phi) is 4.86. The molecule has 4 heteroatoms. The van der Waals surface area contributed by atoms with Gasteiger partial charge < -0.3 is 4.74 Å². The Balaban J connectivity index is 0.00000162. The van der Waals surface area contributed by atoms with Gasteiger partial charge in [0.25, 0.3) is 0 Å². The van der Waals surface area contributed by atoms with Crippen LogP contribution in [-0.4, -0.2) is 18.1 Å². The molecule has 0 fully saturated rings. The van der Waals surface area contributed by atoms with Crippen LogP contribution in [0.5, 0.6) is 0 Å². The molecule has 1 heterocycles. The van der Waals surface area contributed by atoms with Gasteiger partial charge in [-0.1, -0.05) is 12.1 Å². The van der Waals surface area contributed by atoms with E-state index in [1.165, 1.54) is 7.11 Å². The molecule has 0 saturated heterocycles. The van der Waals surface area contributed by atoms with E-state index < -0.39 is 0 Å². The molecule has 18 heavy (non-hydrogen) atoms. The van der Waals surface area contributed by atoms with Gasteiger partial charge in [-0.05, 0) is 42.3 Å². The third-order valence-electron chi connectivity index (χ3n) is 2.54. The highest BCUT2D eigenvalue weighted by molar-refractivity contribution is 5.89. The fraction of sp³-hybridized carbons (Fsp3) is 0.143. The number of aromatic nitrogens is 1. The summed E-state index contributed by atoms with van der Waals surface area (Å²) in [5.41, 5.74) is 3.68. The van der Waals surface area contributed by atoms with Crippen LogP contribution < -0.4 is 0 Å². The Morgan fingerprint density at radius 1 is 1.11 bits per heavy atom. The fourth-order valence-electron chi connectivity index (χ4n) is 1.64. The molecule has 0 radical (unpaired) electrons. The van der Waals surface area contributed by atoms with Gasteiger partial charge in [-0.25, -0.2) is 4.79 Å². The summed E-state index contributed by atoms with van der Waals surface area (Å²) >= 11 is 0. The van der Waals surface area contributed by atoms with Gasteiger partial charge in [-0.2, -0.15) is 0 Å². The van der Waals surface area contributed by atoms with E-state index in [2.05, 4.69) is 9.72 Å². The molecule has 0 aliphatic rings. The van der Waals surface area contributed by atoms with E-state index in [1.807, 2.05) is 31.2 Å². The summed E-state index contributed by atoms with van der Waals surface area (Å²) in [5.74, 6) is -0.317. The molecule has 2 aromatic rings. The van der Waals surface area contributed by atoms with Gasteiger partial charge in [0.1, 0.15) is 0 Å². The zero-order valence-electron chi connectivity index (χ0n) is 10.2. The van der Waals surface area contributed by atoms with Gasteiger partial charge in [-0.3, -0.25) is 4.98 Å². The predicted octanol–water partition coefficient (Wildman–Crippen LogP) is 3.27. The molecule has 0 atom stereocenters. The lowest BCUT2D eigenvalue weighted by atomic mass is 10.0. The minimum Gasteiger partial charge on any atom is -0.465 e. The number of hydrogen-bond donors (Lipinski definition) is 0. The van der Waals surface area contributed by atoms with Crippen molar-refractivity contribution in [1.82, 2.24) is 4.98 Å². The number of halogens is 1. The van der Waals surface area contributed by atoms with E-state index in [4.69, 9.17) is 0 Å². The number of rotatable bonds is 2. The van der Waals surface area contributed by atoms with Gasteiger partial charge in [0.15, 0.2) is 0 Å². The van der Waals surface area contributed by atoms with Crippen molar-refractivity contribution in [2.24, 2.45) is 0 Å². The quantitative estimate of drug-likeness (QED) is 0.781. The average Bonchev–Trinajstić information content (AvgIpc) is 2.38. The van der Waals surface area contributed by atoms with E-state index in [0.717, 1.165) is 16.8 Å². The highest BCUT2D eigenvalue weighted by atomic mass is 35.5. The van der Waals surface area contributed by atoms with Crippen LogP contribution in [0.2, 0.25) is 0 Å². The minimum atomic E-state index is -0.317. The van der Waals surface area contributed by atoms with Crippen LogP contribution in [-0.2, 0) is 4.74 Å². The number of methoxy groups -OCH3 is 1. The molecule has 0 saturated carbocycles.